The Kier molecular flexibility index (Phi) is 5.43. The molecule has 2 aromatic carbocycles. The fraction of sp³-hybridized carbons (Fsp3) is 0.350. The summed E-state index contributed by atoms with van der Waals surface area (Å²) >= 11 is 0. The van der Waals surface area contributed by atoms with Crippen LogP contribution in [0.4, 0.5) is 0 Å². The van der Waals surface area contributed by atoms with E-state index in [4.69, 9.17) is 4.74 Å². The van der Waals surface area contributed by atoms with Crippen LogP contribution in [0.5, 0.6) is 5.75 Å². The number of hydrogen-bond acceptors (Lipinski definition) is 2. The van der Waals surface area contributed by atoms with Crippen molar-refractivity contribution < 1.29 is 9.53 Å². The molecule has 0 aliphatic heterocycles. The predicted molar refractivity (Wildman–Crippen MR) is 93.9 cm³/mol. The largest absolute Gasteiger partial charge is 0.484 e. The first-order valence-electron chi connectivity index (χ1n) is 7.93. The zero-order valence-corrected chi connectivity index (χ0v) is 14.6. The highest BCUT2D eigenvalue weighted by Crippen LogP contribution is 2.20. The van der Waals surface area contributed by atoms with Gasteiger partial charge in [-0.15, -0.1) is 0 Å². The summed E-state index contributed by atoms with van der Waals surface area (Å²) < 4.78 is 5.63. The summed E-state index contributed by atoms with van der Waals surface area (Å²) in [7, 11) is 0. The Morgan fingerprint density at radius 3 is 2.35 bits per heavy atom. The molecule has 1 N–H and O–H groups in total. The Morgan fingerprint density at radius 1 is 1.00 bits per heavy atom. The molecule has 0 heterocycles. The van der Waals surface area contributed by atoms with Crippen LogP contribution in [0, 0.1) is 27.7 Å². The summed E-state index contributed by atoms with van der Waals surface area (Å²) in [5.74, 6) is 0.642. The van der Waals surface area contributed by atoms with Gasteiger partial charge >= 0.3 is 0 Å². The monoisotopic (exact) mass is 311 g/mol. The highest BCUT2D eigenvalue weighted by molar-refractivity contribution is 5.78. The van der Waals surface area contributed by atoms with Crippen molar-refractivity contribution in [1.82, 2.24) is 5.32 Å². The van der Waals surface area contributed by atoms with Crippen molar-refractivity contribution in [3.05, 3.63) is 64.2 Å². The van der Waals surface area contributed by atoms with Crippen LogP contribution in [0.2, 0.25) is 0 Å². The Morgan fingerprint density at radius 2 is 1.65 bits per heavy atom. The van der Waals surface area contributed by atoms with Gasteiger partial charge in [0.1, 0.15) is 5.75 Å². The van der Waals surface area contributed by atoms with Gasteiger partial charge in [-0.3, -0.25) is 4.79 Å². The minimum Gasteiger partial charge on any atom is -0.484 e. The van der Waals surface area contributed by atoms with Crippen LogP contribution in [0.25, 0.3) is 0 Å². The predicted octanol–water partition coefficient (Wildman–Crippen LogP) is 4.18. The molecular weight excluding hydrogens is 286 g/mol. The van der Waals surface area contributed by atoms with E-state index in [1.54, 1.807) is 0 Å². The molecule has 0 fully saturated rings. The Bertz CT molecular complexity index is 707. The summed E-state index contributed by atoms with van der Waals surface area (Å²) in [4.78, 5) is 12.1. The lowest BCUT2D eigenvalue weighted by Gasteiger charge is -2.18. The molecule has 0 aliphatic carbocycles. The van der Waals surface area contributed by atoms with E-state index in [0.717, 1.165) is 16.9 Å². The van der Waals surface area contributed by atoms with E-state index in [2.05, 4.69) is 37.4 Å². The number of nitrogens with one attached hydrogen (secondary N) is 1. The van der Waals surface area contributed by atoms with Gasteiger partial charge in [-0.25, -0.2) is 0 Å². The molecule has 3 nitrogen and oxygen atoms in total. The molecule has 0 aliphatic rings. The smallest absolute Gasteiger partial charge is 0.258 e. The highest BCUT2D eigenvalue weighted by atomic mass is 16.5. The summed E-state index contributed by atoms with van der Waals surface area (Å²) in [5.41, 5.74) is 5.74. The molecule has 1 amide bonds. The van der Waals surface area contributed by atoms with Gasteiger partial charge < -0.3 is 10.1 Å². The Hall–Kier alpha value is -2.29. The summed E-state index contributed by atoms with van der Waals surface area (Å²) in [6.07, 6.45) is 0. The van der Waals surface area contributed by atoms with Crippen molar-refractivity contribution in [3.8, 4) is 5.75 Å². The van der Waals surface area contributed by atoms with E-state index in [1.165, 1.54) is 16.7 Å². The summed E-state index contributed by atoms with van der Waals surface area (Å²) in [5, 5.41) is 3.00. The second kappa shape index (κ2) is 7.32. The Labute approximate surface area is 138 Å². The van der Waals surface area contributed by atoms with E-state index in [1.807, 2.05) is 39.0 Å². The maximum atomic E-state index is 12.1. The number of carbonyl (C=O) groups is 1. The molecule has 0 bridgehead atoms. The molecule has 1 atom stereocenters. The van der Waals surface area contributed by atoms with Crippen molar-refractivity contribution in [1.29, 1.82) is 0 Å². The van der Waals surface area contributed by atoms with Gasteiger partial charge in [0.25, 0.3) is 5.91 Å². The molecule has 2 aromatic rings. The number of aryl methyl sites for hydroxylation is 4. The van der Waals surface area contributed by atoms with Crippen LogP contribution in [0.15, 0.2) is 36.4 Å². The molecule has 0 radical (unpaired) electrons. The second-order valence-corrected chi connectivity index (χ2v) is 6.21. The van der Waals surface area contributed by atoms with Crippen molar-refractivity contribution in [3.63, 3.8) is 0 Å². The molecule has 0 saturated carbocycles. The van der Waals surface area contributed by atoms with E-state index >= 15 is 0 Å². The molecule has 23 heavy (non-hydrogen) atoms. The van der Waals surface area contributed by atoms with E-state index < -0.39 is 0 Å². The van der Waals surface area contributed by atoms with Crippen LogP contribution < -0.4 is 10.1 Å². The molecule has 0 saturated heterocycles. The van der Waals surface area contributed by atoms with Gasteiger partial charge in [0, 0.05) is 0 Å². The van der Waals surface area contributed by atoms with Gasteiger partial charge in [0.15, 0.2) is 6.61 Å². The normalized spacial score (nSPS) is 11.9. The third-order valence-corrected chi connectivity index (χ3v) is 3.97. The maximum Gasteiger partial charge on any atom is 0.258 e. The first kappa shape index (κ1) is 17.1. The Balaban J connectivity index is 1.95. The number of ether oxygens (including phenoxy) is 1. The zero-order chi connectivity index (χ0) is 17.0. The lowest BCUT2D eigenvalue weighted by atomic mass is 10.00. The van der Waals surface area contributed by atoms with Crippen LogP contribution in [0.3, 0.4) is 0 Å². The number of amides is 1. The van der Waals surface area contributed by atoms with Crippen molar-refractivity contribution in [2.24, 2.45) is 0 Å². The average molecular weight is 311 g/mol. The lowest BCUT2D eigenvalue weighted by molar-refractivity contribution is -0.123. The first-order chi connectivity index (χ1) is 10.9. The third kappa shape index (κ3) is 4.59. The van der Waals surface area contributed by atoms with E-state index in [-0.39, 0.29) is 18.6 Å². The van der Waals surface area contributed by atoms with Crippen molar-refractivity contribution >= 4 is 5.91 Å². The van der Waals surface area contributed by atoms with Crippen molar-refractivity contribution in [2.75, 3.05) is 6.61 Å². The van der Waals surface area contributed by atoms with Crippen molar-refractivity contribution in [2.45, 2.75) is 40.7 Å². The average Bonchev–Trinajstić information content (AvgIpc) is 2.48. The standard InChI is InChI=1S/C20H25NO2/c1-13-7-9-19(16(4)10-13)23-12-20(22)21-17(5)18-11-14(2)6-8-15(18)3/h6-11,17H,12H2,1-5H3,(H,21,22)/t17-/m0/s1. The molecular formula is C20H25NO2. The quantitative estimate of drug-likeness (QED) is 0.899. The van der Waals surface area contributed by atoms with Gasteiger partial charge in [-0.2, -0.15) is 0 Å². The number of carbonyl (C=O) groups excluding carboxylic acids is 1. The summed E-state index contributed by atoms with van der Waals surface area (Å²) in [6, 6.07) is 12.2. The highest BCUT2D eigenvalue weighted by Gasteiger charge is 2.13. The molecule has 0 aromatic heterocycles. The first-order valence-corrected chi connectivity index (χ1v) is 7.93. The number of rotatable bonds is 5. The van der Waals surface area contributed by atoms with Crippen LogP contribution in [-0.2, 0) is 4.79 Å². The van der Waals surface area contributed by atoms with Gasteiger partial charge in [-0.1, -0.05) is 41.5 Å². The second-order valence-electron chi connectivity index (χ2n) is 6.21. The van der Waals surface area contributed by atoms with E-state index in [9.17, 15) is 4.79 Å². The molecule has 0 spiro atoms. The topological polar surface area (TPSA) is 38.3 Å². The molecule has 3 heteroatoms. The molecule has 0 unspecified atom stereocenters. The third-order valence-electron chi connectivity index (χ3n) is 3.97. The van der Waals surface area contributed by atoms with Gasteiger partial charge in [0.2, 0.25) is 0 Å². The molecule has 2 rings (SSSR count). The maximum absolute atomic E-state index is 12.1. The molecule has 122 valence electrons. The zero-order valence-electron chi connectivity index (χ0n) is 14.6. The minimum atomic E-state index is -0.113. The fourth-order valence-electron chi connectivity index (χ4n) is 2.69. The lowest BCUT2D eigenvalue weighted by Crippen LogP contribution is -2.31. The minimum absolute atomic E-state index is 0.0269. The van der Waals surface area contributed by atoms with Crippen LogP contribution in [-0.4, -0.2) is 12.5 Å². The SMILES string of the molecule is Cc1ccc(OCC(=O)N[C@@H](C)c2cc(C)ccc2C)c(C)c1. The van der Waals surface area contributed by atoms with Crippen LogP contribution in [0.1, 0.15) is 40.8 Å². The number of hydrogen-bond donors (Lipinski definition) is 1. The van der Waals surface area contributed by atoms with Gasteiger partial charge in [0.05, 0.1) is 6.04 Å². The number of benzene rings is 2. The summed E-state index contributed by atoms with van der Waals surface area (Å²) in [6.45, 7) is 10.2. The fourth-order valence-corrected chi connectivity index (χ4v) is 2.69. The van der Waals surface area contributed by atoms with Gasteiger partial charge in [-0.05, 0) is 57.4 Å². The van der Waals surface area contributed by atoms with E-state index in [0.29, 0.717) is 0 Å². The van der Waals surface area contributed by atoms with Crippen LogP contribution >= 0.6 is 0 Å².